The van der Waals surface area contributed by atoms with E-state index in [9.17, 15) is 40.5 Å². The van der Waals surface area contributed by atoms with E-state index < -0.39 is 59.1 Å². The number of hydrogen-bond acceptors (Lipinski definition) is 11. The second-order valence-corrected chi connectivity index (χ2v) is 7.43. The van der Waals surface area contributed by atoms with Crippen LogP contribution in [0.1, 0.15) is 6.92 Å². The fraction of sp³-hybridized carbons (Fsp3) is 0.286. The molecule has 1 aliphatic heterocycles. The molecule has 0 saturated carbocycles. The molecule has 0 spiro atoms. The van der Waals surface area contributed by atoms with E-state index in [1.807, 2.05) is 0 Å². The number of ether oxygens (including phenoxy) is 2. The first-order valence-corrected chi connectivity index (χ1v) is 9.50. The summed E-state index contributed by atoms with van der Waals surface area (Å²) in [5, 5.41) is 69.2. The molecule has 32 heavy (non-hydrogen) atoms. The molecule has 0 amide bonds. The van der Waals surface area contributed by atoms with Crippen molar-refractivity contribution in [3.63, 3.8) is 0 Å². The normalized spacial score (nSPS) is 25.7. The zero-order valence-electron chi connectivity index (χ0n) is 16.5. The number of aliphatic hydroxyl groups is 3. The predicted octanol–water partition coefficient (Wildman–Crippen LogP) is 0.489. The summed E-state index contributed by atoms with van der Waals surface area (Å²) in [6, 6.07) is 5.51. The highest BCUT2D eigenvalue weighted by molar-refractivity contribution is 5.88. The lowest BCUT2D eigenvalue weighted by molar-refractivity contribution is -0.268. The van der Waals surface area contributed by atoms with Gasteiger partial charge in [0.1, 0.15) is 40.8 Å². The molecular weight excluding hydrogens is 428 g/mol. The van der Waals surface area contributed by atoms with Crippen molar-refractivity contribution in [2.75, 3.05) is 0 Å². The van der Waals surface area contributed by atoms with Crippen LogP contribution in [-0.2, 0) is 4.74 Å². The van der Waals surface area contributed by atoms with Crippen LogP contribution in [0.25, 0.3) is 22.3 Å². The summed E-state index contributed by atoms with van der Waals surface area (Å²) in [6.07, 6.45) is -7.35. The molecular formula is C21H20O11. The molecule has 1 saturated heterocycles. The second kappa shape index (κ2) is 7.88. The van der Waals surface area contributed by atoms with Crippen LogP contribution < -0.4 is 10.2 Å². The van der Waals surface area contributed by atoms with Gasteiger partial charge in [-0.1, -0.05) is 0 Å². The number of phenolic OH excluding ortho intramolecular Hbond substituents is 4. The standard InChI is InChI=1S/C21H20O11/c1-7-15(26)17(28)18(29)21(30-7)32-20-16(27)14-12(25)5-9(22)6-13(14)31-19(20)8-2-3-10(23)11(24)4-8/h2-7,15,17-18,21-26,28-29H,1H3/t7-,15+,17+,18+,21+/m1/s1. The van der Waals surface area contributed by atoms with Crippen molar-refractivity contribution >= 4 is 11.0 Å². The van der Waals surface area contributed by atoms with E-state index in [4.69, 9.17) is 13.9 Å². The van der Waals surface area contributed by atoms with Crippen LogP contribution in [-0.4, -0.2) is 66.5 Å². The number of aliphatic hydroxyl groups excluding tert-OH is 3. The molecule has 11 nitrogen and oxygen atoms in total. The van der Waals surface area contributed by atoms with Crippen LogP contribution in [0.4, 0.5) is 0 Å². The molecule has 5 atom stereocenters. The Hall–Kier alpha value is -3.51. The van der Waals surface area contributed by atoms with Gasteiger partial charge in [0.25, 0.3) is 0 Å². The van der Waals surface area contributed by atoms with Gasteiger partial charge in [0.2, 0.25) is 17.5 Å². The lowest BCUT2D eigenvalue weighted by Crippen LogP contribution is -2.58. The summed E-state index contributed by atoms with van der Waals surface area (Å²) in [5.41, 5.74) is -1.05. The summed E-state index contributed by atoms with van der Waals surface area (Å²) in [6.45, 7) is 1.42. The largest absolute Gasteiger partial charge is 0.508 e. The summed E-state index contributed by atoms with van der Waals surface area (Å²) in [7, 11) is 0. The van der Waals surface area contributed by atoms with Crippen LogP contribution in [0.3, 0.4) is 0 Å². The van der Waals surface area contributed by atoms with Crippen LogP contribution in [0.15, 0.2) is 39.5 Å². The molecule has 4 rings (SSSR count). The molecule has 1 aliphatic rings. The van der Waals surface area contributed by atoms with Crippen molar-refractivity contribution in [2.45, 2.75) is 37.6 Å². The van der Waals surface area contributed by atoms with Crippen molar-refractivity contribution < 1.29 is 49.6 Å². The van der Waals surface area contributed by atoms with Gasteiger partial charge in [0.15, 0.2) is 17.3 Å². The molecule has 0 unspecified atom stereocenters. The lowest BCUT2D eigenvalue weighted by Gasteiger charge is -2.38. The van der Waals surface area contributed by atoms with E-state index in [2.05, 4.69) is 0 Å². The van der Waals surface area contributed by atoms with Crippen LogP contribution in [0.2, 0.25) is 0 Å². The first-order chi connectivity index (χ1) is 15.1. The van der Waals surface area contributed by atoms with Crippen molar-refractivity contribution in [3.05, 3.63) is 40.6 Å². The molecule has 2 heterocycles. The number of hydrogen-bond donors (Lipinski definition) is 7. The van der Waals surface area contributed by atoms with Crippen molar-refractivity contribution in [1.29, 1.82) is 0 Å². The maximum atomic E-state index is 13.2. The number of phenols is 4. The first-order valence-electron chi connectivity index (χ1n) is 9.50. The Kier molecular flexibility index (Phi) is 5.34. The fourth-order valence-corrected chi connectivity index (χ4v) is 3.46. The third-order valence-electron chi connectivity index (χ3n) is 5.20. The van der Waals surface area contributed by atoms with Gasteiger partial charge in [0, 0.05) is 17.7 Å². The molecule has 170 valence electrons. The Morgan fingerprint density at radius 1 is 0.875 bits per heavy atom. The molecule has 0 radical (unpaired) electrons. The van der Waals surface area contributed by atoms with Gasteiger partial charge in [-0.15, -0.1) is 0 Å². The van der Waals surface area contributed by atoms with E-state index in [0.717, 1.165) is 24.3 Å². The number of benzene rings is 2. The van der Waals surface area contributed by atoms with Crippen LogP contribution in [0.5, 0.6) is 28.7 Å². The maximum Gasteiger partial charge on any atom is 0.239 e. The smallest absolute Gasteiger partial charge is 0.239 e. The molecule has 3 aromatic rings. The molecule has 0 bridgehead atoms. The van der Waals surface area contributed by atoms with Crippen molar-refractivity contribution in [3.8, 4) is 40.1 Å². The van der Waals surface area contributed by atoms with Gasteiger partial charge in [-0.25, -0.2) is 0 Å². The zero-order valence-corrected chi connectivity index (χ0v) is 16.5. The SMILES string of the molecule is C[C@H]1O[C@@H](Oc2c(-c3ccc(O)c(O)c3)oc3cc(O)cc(O)c3c2=O)[C@@H](O)[C@@H](O)[C@H]1O. The maximum absolute atomic E-state index is 13.2. The van der Waals surface area contributed by atoms with E-state index in [0.29, 0.717) is 0 Å². The number of fused-ring (bicyclic) bond motifs is 1. The summed E-state index contributed by atoms with van der Waals surface area (Å²) in [5.74, 6) is -2.80. The Balaban J connectivity index is 1.92. The summed E-state index contributed by atoms with van der Waals surface area (Å²) in [4.78, 5) is 13.2. The third kappa shape index (κ3) is 3.56. The van der Waals surface area contributed by atoms with Crippen molar-refractivity contribution in [2.24, 2.45) is 0 Å². The van der Waals surface area contributed by atoms with Gasteiger partial charge in [-0.3, -0.25) is 4.79 Å². The molecule has 0 aliphatic carbocycles. The van der Waals surface area contributed by atoms with Gasteiger partial charge in [-0.05, 0) is 25.1 Å². The van der Waals surface area contributed by atoms with E-state index in [-0.39, 0.29) is 28.0 Å². The monoisotopic (exact) mass is 448 g/mol. The minimum absolute atomic E-state index is 0.0658. The molecule has 1 aromatic heterocycles. The molecule has 7 N–H and O–H groups in total. The van der Waals surface area contributed by atoms with Crippen LogP contribution >= 0.6 is 0 Å². The Bertz CT molecular complexity index is 1230. The second-order valence-electron chi connectivity index (χ2n) is 7.43. The van der Waals surface area contributed by atoms with Crippen LogP contribution in [0, 0.1) is 0 Å². The molecule has 1 fully saturated rings. The average Bonchev–Trinajstić information content (AvgIpc) is 2.73. The summed E-state index contributed by atoms with van der Waals surface area (Å²) >= 11 is 0. The lowest BCUT2D eigenvalue weighted by atomic mass is 10.00. The highest BCUT2D eigenvalue weighted by Gasteiger charge is 2.44. The number of aromatic hydroxyl groups is 4. The predicted molar refractivity (Wildman–Crippen MR) is 108 cm³/mol. The molecule has 2 aromatic carbocycles. The first kappa shape index (κ1) is 21.7. The highest BCUT2D eigenvalue weighted by atomic mass is 16.7. The van der Waals surface area contributed by atoms with Gasteiger partial charge >= 0.3 is 0 Å². The van der Waals surface area contributed by atoms with E-state index in [1.54, 1.807) is 0 Å². The van der Waals surface area contributed by atoms with Gasteiger partial charge in [0.05, 0.1) is 6.10 Å². The fourth-order valence-electron chi connectivity index (χ4n) is 3.46. The third-order valence-corrected chi connectivity index (χ3v) is 5.20. The Labute approximate surface area is 179 Å². The Morgan fingerprint density at radius 2 is 1.59 bits per heavy atom. The zero-order chi connectivity index (χ0) is 23.3. The highest BCUT2D eigenvalue weighted by Crippen LogP contribution is 2.39. The van der Waals surface area contributed by atoms with Crippen molar-refractivity contribution in [1.82, 2.24) is 0 Å². The van der Waals surface area contributed by atoms with E-state index >= 15 is 0 Å². The minimum Gasteiger partial charge on any atom is -0.508 e. The average molecular weight is 448 g/mol. The van der Waals surface area contributed by atoms with E-state index in [1.165, 1.54) is 13.0 Å². The van der Waals surface area contributed by atoms with Gasteiger partial charge < -0.3 is 49.6 Å². The minimum atomic E-state index is -1.74. The topological polar surface area (TPSA) is 190 Å². The number of rotatable bonds is 3. The van der Waals surface area contributed by atoms with Gasteiger partial charge in [-0.2, -0.15) is 0 Å². The quantitative estimate of drug-likeness (QED) is 0.276. The summed E-state index contributed by atoms with van der Waals surface area (Å²) < 4.78 is 16.6. The molecule has 11 heteroatoms. The Morgan fingerprint density at radius 3 is 2.28 bits per heavy atom.